The molecule has 0 amide bonds. The van der Waals surface area contributed by atoms with E-state index in [0.717, 1.165) is 13.1 Å². The van der Waals surface area contributed by atoms with Crippen LogP contribution in [-0.2, 0) is 6.54 Å². The third kappa shape index (κ3) is 3.59. The van der Waals surface area contributed by atoms with E-state index in [0.29, 0.717) is 12.0 Å². The van der Waals surface area contributed by atoms with Gasteiger partial charge in [-0.3, -0.25) is 4.68 Å². The standard InChI is InChI=1S/C10H19N3/c1-9(2)10(3)11-6-8-13-7-4-5-12-13/h4-5,7,9-11H,6,8H2,1-3H3. The molecule has 3 nitrogen and oxygen atoms in total. The van der Waals surface area contributed by atoms with Crippen LogP contribution in [0, 0.1) is 5.92 Å². The summed E-state index contributed by atoms with van der Waals surface area (Å²) in [6.07, 6.45) is 3.80. The van der Waals surface area contributed by atoms with Crippen molar-refractivity contribution in [1.29, 1.82) is 0 Å². The van der Waals surface area contributed by atoms with E-state index in [1.165, 1.54) is 0 Å². The van der Waals surface area contributed by atoms with E-state index >= 15 is 0 Å². The van der Waals surface area contributed by atoms with Gasteiger partial charge in [-0.25, -0.2) is 0 Å². The molecule has 0 spiro atoms. The highest BCUT2D eigenvalue weighted by Crippen LogP contribution is 1.98. The molecule has 0 aliphatic carbocycles. The summed E-state index contributed by atoms with van der Waals surface area (Å²) in [5.74, 6) is 0.692. The van der Waals surface area contributed by atoms with Gasteiger partial charge in [0, 0.05) is 25.0 Å². The maximum Gasteiger partial charge on any atom is 0.0534 e. The Hall–Kier alpha value is -0.830. The quantitative estimate of drug-likeness (QED) is 0.746. The van der Waals surface area contributed by atoms with Gasteiger partial charge in [0.2, 0.25) is 0 Å². The summed E-state index contributed by atoms with van der Waals surface area (Å²) in [4.78, 5) is 0. The summed E-state index contributed by atoms with van der Waals surface area (Å²) < 4.78 is 1.94. The van der Waals surface area contributed by atoms with Crippen molar-refractivity contribution in [2.24, 2.45) is 5.92 Å². The number of hydrogen-bond donors (Lipinski definition) is 1. The summed E-state index contributed by atoms with van der Waals surface area (Å²) >= 11 is 0. The first-order valence-electron chi connectivity index (χ1n) is 4.91. The maximum atomic E-state index is 4.13. The van der Waals surface area contributed by atoms with Gasteiger partial charge in [0.15, 0.2) is 0 Å². The Bertz CT molecular complexity index is 216. The van der Waals surface area contributed by atoms with E-state index in [1.807, 2.05) is 23.1 Å². The lowest BCUT2D eigenvalue weighted by atomic mass is 10.1. The van der Waals surface area contributed by atoms with Gasteiger partial charge in [-0.1, -0.05) is 13.8 Å². The molecule has 1 aromatic heterocycles. The normalized spacial score (nSPS) is 13.5. The second-order valence-corrected chi connectivity index (χ2v) is 3.76. The minimum atomic E-state index is 0.579. The van der Waals surface area contributed by atoms with E-state index in [9.17, 15) is 0 Å². The molecule has 3 heteroatoms. The highest BCUT2D eigenvalue weighted by Gasteiger charge is 2.04. The van der Waals surface area contributed by atoms with Gasteiger partial charge in [0.1, 0.15) is 0 Å². The average molecular weight is 181 g/mol. The number of nitrogens with one attached hydrogen (secondary N) is 1. The van der Waals surface area contributed by atoms with Crippen molar-refractivity contribution in [2.45, 2.75) is 33.4 Å². The Morgan fingerprint density at radius 1 is 1.38 bits per heavy atom. The van der Waals surface area contributed by atoms with E-state index < -0.39 is 0 Å². The predicted octanol–water partition coefficient (Wildman–Crippen LogP) is 1.52. The van der Waals surface area contributed by atoms with Gasteiger partial charge >= 0.3 is 0 Å². The Labute approximate surface area is 80.1 Å². The molecule has 74 valence electrons. The average Bonchev–Trinajstić information content (AvgIpc) is 2.56. The molecular weight excluding hydrogens is 162 g/mol. The number of nitrogens with zero attached hydrogens (tertiary/aromatic N) is 2. The van der Waals surface area contributed by atoms with Crippen molar-refractivity contribution < 1.29 is 0 Å². The number of aromatic nitrogens is 2. The molecule has 0 aromatic carbocycles. The Morgan fingerprint density at radius 3 is 2.69 bits per heavy atom. The first-order chi connectivity index (χ1) is 6.20. The third-order valence-corrected chi connectivity index (χ3v) is 2.37. The van der Waals surface area contributed by atoms with Gasteiger partial charge in [-0.05, 0) is 18.9 Å². The van der Waals surface area contributed by atoms with E-state index in [4.69, 9.17) is 0 Å². The molecule has 1 atom stereocenters. The van der Waals surface area contributed by atoms with Crippen LogP contribution in [0.2, 0.25) is 0 Å². The summed E-state index contributed by atoms with van der Waals surface area (Å²) in [7, 11) is 0. The van der Waals surface area contributed by atoms with Crippen molar-refractivity contribution in [2.75, 3.05) is 6.54 Å². The van der Waals surface area contributed by atoms with Crippen LogP contribution in [0.1, 0.15) is 20.8 Å². The van der Waals surface area contributed by atoms with Crippen LogP contribution >= 0.6 is 0 Å². The Morgan fingerprint density at radius 2 is 2.15 bits per heavy atom. The van der Waals surface area contributed by atoms with Crippen molar-refractivity contribution in [1.82, 2.24) is 15.1 Å². The van der Waals surface area contributed by atoms with Crippen molar-refractivity contribution in [3.05, 3.63) is 18.5 Å². The van der Waals surface area contributed by atoms with Crippen molar-refractivity contribution >= 4 is 0 Å². The Kier molecular flexibility index (Phi) is 3.96. The summed E-state index contributed by atoms with van der Waals surface area (Å²) in [5.41, 5.74) is 0. The molecule has 0 saturated heterocycles. The van der Waals surface area contributed by atoms with Crippen LogP contribution in [0.15, 0.2) is 18.5 Å². The molecule has 0 fully saturated rings. The van der Waals surface area contributed by atoms with E-state index in [1.54, 1.807) is 0 Å². The topological polar surface area (TPSA) is 29.9 Å². The fourth-order valence-electron chi connectivity index (χ4n) is 1.08. The molecule has 1 N–H and O–H groups in total. The highest BCUT2D eigenvalue weighted by atomic mass is 15.3. The molecule has 0 aliphatic rings. The predicted molar refractivity (Wildman–Crippen MR) is 54.5 cm³/mol. The first-order valence-corrected chi connectivity index (χ1v) is 4.91. The molecule has 1 unspecified atom stereocenters. The molecule has 1 heterocycles. The smallest absolute Gasteiger partial charge is 0.0534 e. The molecule has 13 heavy (non-hydrogen) atoms. The maximum absolute atomic E-state index is 4.13. The van der Waals surface area contributed by atoms with Gasteiger partial charge < -0.3 is 5.32 Å². The molecule has 0 saturated carbocycles. The molecular formula is C10H19N3. The SMILES string of the molecule is CC(C)C(C)NCCn1cccn1. The van der Waals surface area contributed by atoms with Crippen LogP contribution in [0.25, 0.3) is 0 Å². The zero-order valence-corrected chi connectivity index (χ0v) is 8.70. The summed E-state index contributed by atoms with van der Waals surface area (Å²) in [5, 5.41) is 7.59. The summed E-state index contributed by atoms with van der Waals surface area (Å²) in [6, 6.07) is 2.53. The monoisotopic (exact) mass is 181 g/mol. The van der Waals surface area contributed by atoms with Crippen LogP contribution in [-0.4, -0.2) is 22.4 Å². The lowest BCUT2D eigenvalue weighted by Gasteiger charge is -2.17. The lowest BCUT2D eigenvalue weighted by Crippen LogP contribution is -2.33. The highest BCUT2D eigenvalue weighted by molar-refractivity contribution is 4.77. The second-order valence-electron chi connectivity index (χ2n) is 3.76. The largest absolute Gasteiger partial charge is 0.312 e. The zero-order chi connectivity index (χ0) is 9.68. The van der Waals surface area contributed by atoms with E-state index in [-0.39, 0.29) is 0 Å². The molecule has 0 bridgehead atoms. The van der Waals surface area contributed by atoms with Crippen LogP contribution in [0.4, 0.5) is 0 Å². The van der Waals surface area contributed by atoms with Crippen LogP contribution in [0.3, 0.4) is 0 Å². The fourth-order valence-corrected chi connectivity index (χ4v) is 1.08. The second kappa shape index (κ2) is 5.02. The van der Waals surface area contributed by atoms with Gasteiger partial charge in [-0.2, -0.15) is 5.10 Å². The number of rotatable bonds is 5. The minimum absolute atomic E-state index is 0.579. The lowest BCUT2D eigenvalue weighted by molar-refractivity contribution is 0.410. The fraction of sp³-hybridized carbons (Fsp3) is 0.700. The Balaban J connectivity index is 2.14. The summed E-state index contributed by atoms with van der Waals surface area (Å²) in [6.45, 7) is 8.61. The van der Waals surface area contributed by atoms with Crippen molar-refractivity contribution in [3.63, 3.8) is 0 Å². The molecule has 0 aliphatic heterocycles. The van der Waals surface area contributed by atoms with Crippen LogP contribution < -0.4 is 5.32 Å². The van der Waals surface area contributed by atoms with Gasteiger partial charge in [-0.15, -0.1) is 0 Å². The first kappa shape index (κ1) is 10.3. The van der Waals surface area contributed by atoms with Crippen LogP contribution in [0.5, 0.6) is 0 Å². The number of hydrogen-bond acceptors (Lipinski definition) is 2. The molecule has 1 aromatic rings. The van der Waals surface area contributed by atoms with Gasteiger partial charge in [0.05, 0.1) is 6.54 Å². The molecule has 0 radical (unpaired) electrons. The third-order valence-electron chi connectivity index (χ3n) is 2.37. The minimum Gasteiger partial charge on any atom is -0.312 e. The van der Waals surface area contributed by atoms with Gasteiger partial charge in [0.25, 0.3) is 0 Å². The zero-order valence-electron chi connectivity index (χ0n) is 8.70. The molecule has 1 rings (SSSR count). The van der Waals surface area contributed by atoms with E-state index in [2.05, 4.69) is 31.2 Å². The van der Waals surface area contributed by atoms with Crippen molar-refractivity contribution in [3.8, 4) is 0 Å².